The molecule has 0 spiro atoms. The number of hydrogen-bond donors (Lipinski definition) is 2. The van der Waals surface area contributed by atoms with E-state index in [1.807, 2.05) is 6.92 Å². The lowest BCUT2D eigenvalue weighted by atomic mass is 10.6. The fraction of sp³-hybridized carbons (Fsp3) is 1.00. The normalized spacial score (nSPS) is 11.4. The minimum absolute atomic E-state index is 0.346. The van der Waals surface area contributed by atoms with Crippen LogP contribution in [0.25, 0.3) is 0 Å². The SMILES string of the molecule is CCOCCOCCOCCOCCOCC(N)N. The molecule has 0 rings (SSSR count). The fourth-order valence-corrected chi connectivity index (χ4v) is 1.14. The van der Waals surface area contributed by atoms with Gasteiger partial charge in [0.2, 0.25) is 0 Å². The van der Waals surface area contributed by atoms with E-state index in [0.717, 1.165) is 6.61 Å². The molecule has 0 bridgehead atoms. The Balaban J connectivity index is 2.91. The highest BCUT2D eigenvalue weighted by atomic mass is 16.6. The van der Waals surface area contributed by atoms with Crippen LogP contribution < -0.4 is 11.5 Å². The molecular formula is C12H28N2O5. The van der Waals surface area contributed by atoms with Gasteiger partial charge in [-0.2, -0.15) is 0 Å². The zero-order chi connectivity index (χ0) is 14.2. The first kappa shape index (κ1) is 18.7. The lowest BCUT2D eigenvalue weighted by molar-refractivity contribution is -0.0109. The van der Waals surface area contributed by atoms with Crippen LogP contribution in [0.4, 0.5) is 0 Å². The molecule has 0 unspecified atom stereocenters. The summed E-state index contributed by atoms with van der Waals surface area (Å²) in [5, 5.41) is 0. The van der Waals surface area contributed by atoms with Crippen LogP contribution in [0.2, 0.25) is 0 Å². The van der Waals surface area contributed by atoms with Gasteiger partial charge in [-0.05, 0) is 6.92 Å². The summed E-state index contributed by atoms with van der Waals surface area (Å²) in [5.41, 5.74) is 10.6. The third kappa shape index (κ3) is 17.7. The molecule has 7 heteroatoms. The first-order valence-electron chi connectivity index (χ1n) is 6.67. The summed E-state index contributed by atoms with van der Waals surface area (Å²) in [6.45, 7) is 7.49. The maximum absolute atomic E-state index is 5.31. The van der Waals surface area contributed by atoms with E-state index in [2.05, 4.69) is 0 Å². The van der Waals surface area contributed by atoms with Gasteiger partial charge in [0.05, 0.1) is 65.6 Å². The Labute approximate surface area is 115 Å². The van der Waals surface area contributed by atoms with Gasteiger partial charge in [-0.1, -0.05) is 0 Å². The zero-order valence-electron chi connectivity index (χ0n) is 11.8. The number of hydrogen-bond acceptors (Lipinski definition) is 7. The molecule has 0 saturated carbocycles. The van der Waals surface area contributed by atoms with E-state index in [0.29, 0.717) is 59.5 Å². The molecule has 0 saturated heterocycles. The van der Waals surface area contributed by atoms with Gasteiger partial charge in [0.1, 0.15) is 0 Å². The zero-order valence-corrected chi connectivity index (χ0v) is 11.8. The minimum atomic E-state index is -0.425. The van der Waals surface area contributed by atoms with Crippen LogP contribution in [0.15, 0.2) is 0 Å². The van der Waals surface area contributed by atoms with E-state index >= 15 is 0 Å². The summed E-state index contributed by atoms with van der Waals surface area (Å²) in [4.78, 5) is 0. The van der Waals surface area contributed by atoms with Crippen molar-refractivity contribution in [3.8, 4) is 0 Å². The van der Waals surface area contributed by atoms with Crippen molar-refractivity contribution in [1.82, 2.24) is 0 Å². The van der Waals surface area contributed by atoms with Crippen molar-refractivity contribution in [3.63, 3.8) is 0 Å². The summed E-state index contributed by atoms with van der Waals surface area (Å²) in [7, 11) is 0. The summed E-state index contributed by atoms with van der Waals surface area (Å²) in [6.07, 6.45) is -0.425. The first-order chi connectivity index (χ1) is 9.27. The van der Waals surface area contributed by atoms with Gasteiger partial charge in [-0.25, -0.2) is 0 Å². The first-order valence-corrected chi connectivity index (χ1v) is 6.67. The van der Waals surface area contributed by atoms with Gasteiger partial charge in [0, 0.05) is 6.61 Å². The second kappa shape index (κ2) is 15.8. The molecule has 0 aliphatic rings. The molecule has 116 valence electrons. The quantitative estimate of drug-likeness (QED) is 0.303. The molecular weight excluding hydrogens is 252 g/mol. The third-order valence-corrected chi connectivity index (χ3v) is 2.00. The second-order valence-corrected chi connectivity index (χ2v) is 3.77. The molecule has 0 radical (unpaired) electrons. The molecule has 0 heterocycles. The number of rotatable bonds is 15. The summed E-state index contributed by atoms with van der Waals surface area (Å²) < 4.78 is 26.1. The van der Waals surface area contributed by atoms with Gasteiger partial charge in [-0.3, -0.25) is 0 Å². The van der Waals surface area contributed by atoms with Crippen molar-refractivity contribution < 1.29 is 23.7 Å². The Bertz CT molecular complexity index is 172. The van der Waals surface area contributed by atoms with Crippen LogP contribution in [-0.4, -0.2) is 72.2 Å². The Hall–Kier alpha value is -0.280. The topological polar surface area (TPSA) is 98.2 Å². The van der Waals surface area contributed by atoms with E-state index in [-0.39, 0.29) is 0 Å². The second-order valence-electron chi connectivity index (χ2n) is 3.77. The Morgan fingerprint density at radius 2 is 1.00 bits per heavy atom. The predicted molar refractivity (Wildman–Crippen MR) is 71.9 cm³/mol. The summed E-state index contributed by atoms with van der Waals surface area (Å²) in [5.74, 6) is 0. The molecule has 0 amide bonds. The molecule has 0 aliphatic carbocycles. The molecule has 4 N–H and O–H groups in total. The highest BCUT2D eigenvalue weighted by molar-refractivity contribution is 4.45. The monoisotopic (exact) mass is 280 g/mol. The van der Waals surface area contributed by atoms with Gasteiger partial charge < -0.3 is 35.2 Å². The molecule has 0 aliphatic heterocycles. The third-order valence-electron chi connectivity index (χ3n) is 2.00. The van der Waals surface area contributed by atoms with E-state index in [1.54, 1.807) is 0 Å². The minimum Gasteiger partial charge on any atom is -0.379 e. The van der Waals surface area contributed by atoms with Crippen molar-refractivity contribution in [2.45, 2.75) is 13.1 Å². The van der Waals surface area contributed by atoms with Crippen molar-refractivity contribution in [1.29, 1.82) is 0 Å². The Morgan fingerprint density at radius 1 is 0.632 bits per heavy atom. The maximum Gasteiger partial charge on any atom is 0.0762 e. The van der Waals surface area contributed by atoms with Crippen LogP contribution in [0, 0.1) is 0 Å². The fourth-order valence-electron chi connectivity index (χ4n) is 1.14. The van der Waals surface area contributed by atoms with Crippen molar-refractivity contribution in [2.75, 3.05) is 66.1 Å². The smallest absolute Gasteiger partial charge is 0.0762 e. The average Bonchev–Trinajstić information content (AvgIpc) is 2.39. The van der Waals surface area contributed by atoms with Crippen molar-refractivity contribution in [2.24, 2.45) is 11.5 Å². The predicted octanol–water partition coefficient (Wildman–Crippen LogP) is -0.667. The van der Waals surface area contributed by atoms with Crippen molar-refractivity contribution in [3.05, 3.63) is 0 Å². The largest absolute Gasteiger partial charge is 0.379 e. The molecule has 0 aromatic heterocycles. The maximum atomic E-state index is 5.31. The lowest BCUT2D eigenvalue weighted by Gasteiger charge is -2.08. The number of ether oxygens (including phenoxy) is 5. The van der Waals surface area contributed by atoms with E-state index in [4.69, 9.17) is 35.2 Å². The van der Waals surface area contributed by atoms with Crippen LogP contribution in [0.1, 0.15) is 6.92 Å². The summed E-state index contributed by atoms with van der Waals surface area (Å²) in [6, 6.07) is 0. The standard InChI is InChI=1S/C12H28N2O5/c1-2-15-3-4-16-5-6-17-7-8-18-9-10-19-11-12(13)14/h12H,2-11,13-14H2,1H3. The molecule has 7 nitrogen and oxygen atoms in total. The summed E-state index contributed by atoms with van der Waals surface area (Å²) >= 11 is 0. The molecule has 0 atom stereocenters. The Morgan fingerprint density at radius 3 is 1.37 bits per heavy atom. The van der Waals surface area contributed by atoms with Crippen LogP contribution in [-0.2, 0) is 23.7 Å². The van der Waals surface area contributed by atoms with E-state index in [1.165, 1.54) is 0 Å². The van der Waals surface area contributed by atoms with Gasteiger partial charge in [0.15, 0.2) is 0 Å². The molecule has 0 aromatic rings. The highest BCUT2D eigenvalue weighted by Gasteiger charge is 1.94. The molecule has 0 aromatic carbocycles. The average molecular weight is 280 g/mol. The highest BCUT2D eigenvalue weighted by Crippen LogP contribution is 1.83. The van der Waals surface area contributed by atoms with E-state index in [9.17, 15) is 0 Å². The number of nitrogens with two attached hydrogens (primary N) is 2. The van der Waals surface area contributed by atoms with Gasteiger partial charge >= 0.3 is 0 Å². The molecule has 0 fully saturated rings. The molecule has 19 heavy (non-hydrogen) atoms. The van der Waals surface area contributed by atoms with Gasteiger partial charge in [0.25, 0.3) is 0 Å². The van der Waals surface area contributed by atoms with E-state index < -0.39 is 6.17 Å². The van der Waals surface area contributed by atoms with Gasteiger partial charge in [-0.15, -0.1) is 0 Å². The lowest BCUT2D eigenvalue weighted by Crippen LogP contribution is -2.35. The van der Waals surface area contributed by atoms with Crippen LogP contribution in [0.5, 0.6) is 0 Å². The van der Waals surface area contributed by atoms with Crippen LogP contribution >= 0.6 is 0 Å². The van der Waals surface area contributed by atoms with Crippen LogP contribution in [0.3, 0.4) is 0 Å². The Kier molecular flexibility index (Phi) is 15.5. The van der Waals surface area contributed by atoms with Crippen molar-refractivity contribution >= 4 is 0 Å².